The predicted octanol–water partition coefficient (Wildman–Crippen LogP) is 0.0207. The maximum atomic E-state index is 12.4. The molecule has 1 amide bonds. The van der Waals surface area contributed by atoms with Crippen molar-refractivity contribution in [3.8, 4) is 0 Å². The fraction of sp³-hybridized carbons (Fsp3) is 0.357. The molecular formula is C14H18N6O. The lowest BCUT2D eigenvalue weighted by atomic mass is 10.2. The van der Waals surface area contributed by atoms with E-state index < -0.39 is 0 Å². The molecule has 0 spiro atoms. The quantitative estimate of drug-likeness (QED) is 0.798. The van der Waals surface area contributed by atoms with Crippen LogP contribution in [-0.2, 0) is 4.79 Å². The molecule has 3 heterocycles. The molecule has 2 aliphatic heterocycles. The Balaban J connectivity index is 1.61. The lowest BCUT2D eigenvalue weighted by molar-refractivity contribution is -0.127. The van der Waals surface area contributed by atoms with Crippen molar-refractivity contribution in [1.29, 1.82) is 0 Å². The summed E-state index contributed by atoms with van der Waals surface area (Å²) in [6.07, 6.45) is 8.77. The average Bonchev–Trinajstić information content (AvgIpc) is 2.55. The van der Waals surface area contributed by atoms with Gasteiger partial charge in [0, 0.05) is 44.8 Å². The smallest absolute Gasteiger partial charge is 0.271 e. The molecule has 21 heavy (non-hydrogen) atoms. The van der Waals surface area contributed by atoms with Gasteiger partial charge in [-0.1, -0.05) is 0 Å². The van der Waals surface area contributed by atoms with Crippen LogP contribution in [0.3, 0.4) is 0 Å². The molecule has 1 aromatic rings. The van der Waals surface area contributed by atoms with Crippen LogP contribution in [0, 0.1) is 0 Å². The van der Waals surface area contributed by atoms with E-state index in [9.17, 15) is 4.79 Å². The second-order valence-corrected chi connectivity index (χ2v) is 5.06. The van der Waals surface area contributed by atoms with Crippen LogP contribution < -0.4 is 15.8 Å². The molecule has 0 saturated carbocycles. The van der Waals surface area contributed by atoms with Gasteiger partial charge in [-0.2, -0.15) is 0 Å². The van der Waals surface area contributed by atoms with Crippen molar-refractivity contribution >= 4 is 11.7 Å². The third-order valence-electron chi connectivity index (χ3n) is 3.55. The van der Waals surface area contributed by atoms with Gasteiger partial charge < -0.3 is 15.2 Å². The Morgan fingerprint density at radius 3 is 2.71 bits per heavy atom. The summed E-state index contributed by atoms with van der Waals surface area (Å²) in [6, 6.07) is 0. The first-order valence-corrected chi connectivity index (χ1v) is 6.94. The molecule has 3 rings (SSSR count). The van der Waals surface area contributed by atoms with Gasteiger partial charge in [0.2, 0.25) is 0 Å². The number of anilines is 1. The van der Waals surface area contributed by atoms with E-state index in [1.165, 1.54) is 0 Å². The standard InChI is InChI=1S/C14H18N6O/c1-11-8-12(18-17-9-11)14(21)20-6-4-19(5-7-20)13-10-15-2-3-16-13/h2-3,8-10,17-18H,4-7H2,1H3. The molecule has 1 aromatic heterocycles. The summed E-state index contributed by atoms with van der Waals surface area (Å²) in [5, 5.41) is 0. The minimum absolute atomic E-state index is 0.0220. The molecule has 0 radical (unpaired) electrons. The first-order chi connectivity index (χ1) is 10.2. The average molecular weight is 286 g/mol. The normalized spacial score (nSPS) is 18.3. The second kappa shape index (κ2) is 5.82. The Labute approximate surface area is 123 Å². The Kier molecular flexibility index (Phi) is 3.72. The molecular weight excluding hydrogens is 268 g/mol. The fourth-order valence-corrected chi connectivity index (χ4v) is 2.41. The first kappa shape index (κ1) is 13.4. The largest absolute Gasteiger partial charge is 0.352 e. The number of hydrogen-bond donors (Lipinski definition) is 2. The number of carbonyl (C=O) groups excluding carboxylic acids is 1. The maximum Gasteiger partial charge on any atom is 0.271 e. The van der Waals surface area contributed by atoms with E-state index in [-0.39, 0.29) is 5.91 Å². The summed E-state index contributed by atoms with van der Waals surface area (Å²) in [5.74, 6) is 0.883. The zero-order valence-corrected chi connectivity index (χ0v) is 11.9. The molecule has 0 bridgehead atoms. The van der Waals surface area contributed by atoms with Gasteiger partial charge in [0.05, 0.1) is 6.20 Å². The number of rotatable bonds is 2. The molecule has 110 valence electrons. The van der Waals surface area contributed by atoms with Crippen LogP contribution in [-0.4, -0.2) is 47.0 Å². The second-order valence-electron chi connectivity index (χ2n) is 5.06. The molecule has 0 atom stereocenters. The number of nitrogens with zero attached hydrogens (tertiary/aromatic N) is 4. The Morgan fingerprint density at radius 1 is 1.24 bits per heavy atom. The highest BCUT2D eigenvalue weighted by Gasteiger charge is 2.24. The summed E-state index contributed by atoms with van der Waals surface area (Å²) in [5.41, 5.74) is 7.39. The number of carbonyl (C=O) groups is 1. The monoisotopic (exact) mass is 286 g/mol. The van der Waals surface area contributed by atoms with Crippen molar-refractivity contribution in [1.82, 2.24) is 25.7 Å². The van der Waals surface area contributed by atoms with Crippen LogP contribution in [0.5, 0.6) is 0 Å². The van der Waals surface area contributed by atoms with E-state index in [1.807, 2.05) is 24.1 Å². The van der Waals surface area contributed by atoms with Gasteiger partial charge in [0.15, 0.2) is 0 Å². The van der Waals surface area contributed by atoms with E-state index in [4.69, 9.17) is 0 Å². The van der Waals surface area contributed by atoms with Crippen LogP contribution in [0.2, 0.25) is 0 Å². The topological polar surface area (TPSA) is 73.4 Å². The van der Waals surface area contributed by atoms with Crippen LogP contribution in [0.15, 0.2) is 42.1 Å². The molecule has 2 N–H and O–H groups in total. The lowest BCUT2D eigenvalue weighted by Crippen LogP contribution is -2.51. The van der Waals surface area contributed by atoms with Crippen molar-refractivity contribution in [3.05, 3.63) is 42.1 Å². The van der Waals surface area contributed by atoms with Crippen LogP contribution in [0.1, 0.15) is 6.92 Å². The van der Waals surface area contributed by atoms with Gasteiger partial charge in [-0.3, -0.25) is 15.2 Å². The number of amides is 1. The van der Waals surface area contributed by atoms with Crippen LogP contribution in [0.25, 0.3) is 0 Å². The SMILES string of the molecule is CC1=CNNC(C(=O)N2CCN(c3cnccn3)CC2)=C1. The number of aromatic nitrogens is 2. The number of hydrazine groups is 1. The summed E-state index contributed by atoms with van der Waals surface area (Å²) in [6.45, 7) is 4.83. The van der Waals surface area contributed by atoms with E-state index in [1.54, 1.807) is 18.6 Å². The highest BCUT2D eigenvalue weighted by atomic mass is 16.2. The van der Waals surface area contributed by atoms with Crippen LogP contribution >= 0.6 is 0 Å². The molecule has 1 saturated heterocycles. The molecule has 1 fully saturated rings. The van der Waals surface area contributed by atoms with Crippen molar-refractivity contribution in [2.75, 3.05) is 31.1 Å². The third-order valence-corrected chi connectivity index (χ3v) is 3.55. The van der Waals surface area contributed by atoms with Crippen LogP contribution in [0.4, 0.5) is 5.82 Å². The lowest BCUT2D eigenvalue weighted by Gasteiger charge is -2.35. The van der Waals surface area contributed by atoms with E-state index >= 15 is 0 Å². The molecule has 7 heteroatoms. The summed E-state index contributed by atoms with van der Waals surface area (Å²) >= 11 is 0. The minimum atomic E-state index is 0.0220. The Bertz CT molecular complexity index is 574. The van der Waals surface area contributed by atoms with E-state index in [0.29, 0.717) is 18.8 Å². The number of allylic oxidation sites excluding steroid dienone is 2. The summed E-state index contributed by atoms with van der Waals surface area (Å²) < 4.78 is 0. The van der Waals surface area contributed by atoms with E-state index in [0.717, 1.165) is 24.5 Å². The Hall–Kier alpha value is -2.57. The van der Waals surface area contributed by atoms with Crippen molar-refractivity contribution in [2.45, 2.75) is 6.92 Å². The summed E-state index contributed by atoms with van der Waals surface area (Å²) in [7, 11) is 0. The fourth-order valence-electron chi connectivity index (χ4n) is 2.41. The zero-order valence-electron chi connectivity index (χ0n) is 11.9. The predicted molar refractivity (Wildman–Crippen MR) is 78.9 cm³/mol. The van der Waals surface area contributed by atoms with Gasteiger partial charge in [0.25, 0.3) is 5.91 Å². The van der Waals surface area contributed by atoms with E-state index in [2.05, 4.69) is 25.7 Å². The van der Waals surface area contributed by atoms with Gasteiger partial charge in [-0.15, -0.1) is 0 Å². The summed E-state index contributed by atoms with van der Waals surface area (Å²) in [4.78, 5) is 24.8. The number of hydrogen-bond acceptors (Lipinski definition) is 6. The maximum absolute atomic E-state index is 12.4. The van der Waals surface area contributed by atoms with Gasteiger partial charge in [-0.05, 0) is 18.6 Å². The number of piperazine rings is 1. The first-order valence-electron chi connectivity index (χ1n) is 6.94. The van der Waals surface area contributed by atoms with Crippen molar-refractivity contribution in [3.63, 3.8) is 0 Å². The molecule has 0 aliphatic carbocycles. The van der Waals surface area contributed by atoms with Gasteiger partial charge in [-0.25, -0.2) is 4.98 Å². The molecule has 7 nitrogen and oxygen atoms in total. The molecule has 2 aliphatic rings. The van der Waals surface area contributed by atoms with Gasteiger partial charge >= 0.3 is 0 Å². The minimum Gasteiger partial charge on any atom is -0.352 e. The van der Waals surface area contributed by atoms with Crippen molar-refractivity contribution in [2.24, 2.45) is 0 Å². The zero-order chi connectivity index (χ0) is 14.7. The third kappa shape index (κ3) is 2.96. The Morgan fingerprint density at radius 2 is 2.05 bits per heavy atom. The van der Waals surface area contributed by atoms with Crippen molar-refractivity contribution < 1.29 is 4.79 Å². The highest BCUT2D eigenvalue weighted by Crippen LogP contribution is 2.13. The molecule has 0 unspecified atom stereocenters. The van der Waals surface area contributed by atoms with Gasteiger partial charge in [0.1, 0.15) is 11.5 Å². The highest BCUT2D eigenvalue weighted by molar-refractivity contribution is 5.93. The number of nitrogens with one attached hydrogen (secondary N) is 2. The molecule has 0 aromatic carbocycles.